The zero-order chi connectivity index (χ0) is 19.1. The zero-order valence-corrected chi connectivity index (χ0v) is 16.9. The standard InChI is InChI=1S/C18H30N4O4S/c1-22-16(11-14(21-22)13-3-4-13)27(23,24)17-15(20-9-10-25-2)12-18(26-17)5-7-19-8-6-18/h11,13,15,17,19-20H,3-10,12H2,1-2H3. The molecule has 1 aromatic rings. The molecule has 3 aliphatic rings. The number of nitrogens with one attached hydrogen (secondary N) is 2. The monoisotopic (exact) mass is 398 g/mol. The third-order valence-electron chi connectivity index (χ3n) is 5.96. The molecule has 0 bridgehead atoms. The zero-order valence-electron chi connectivity index (χ0n) is 16.1. The van der Waals surface area contributed by atoms with Gasteiger partial charge in [0.15, 0.2) is 10.5 Å². The van der Waals surface area contributed by atoms with Gasteiger partial charge < -0.3 is 20.1 Å². The van der Waals surface area contributed by atoms with E-state index in [4.69, 9.17) is 9.47 Å². The van der Waals surface area contributed by atoms with E-state index in [1.165, 1.54) is 4.68 Å². The predicted molar refractivity (Wildman–Crippen MR) is 100 cm³/mol. The van der Waals surface area contributed by atoms with E-state index in [2.05, 4.69) is 15.7 Å². The lowest BCUT2D eigenvalue weighted by Gasteiger charge is -2.33. The summed E-state index contributed by atoms with van der Waals surface area (Å²) in [5, 5.41) is 11.4. The van der Waals surface area contributed by atoms with Crippen LogP contribution in [0.1, 0.15) is 43.7 Å². The van der Waals surface area contributed by atoms with Crippen LogP contribution in [-0.4, -0.2) is 68.6 Å². The van der Waals surface area contributed by atoms with Crippen LogP contribution in [0.2, 0.25) is 0 Å². The third-order valence-corrected chi connectivity index (χ3v) is 7.96. The number of sulfone groups is 1. The van der Waals surface area contributed by atoms with Crippen LogP contribution in [0.5, 0.6) is 0 Å². The van der Waals surface area contributed by atoms with E-state index < -0.39 is 15.3 Å². The first-order valence-corrected chi connectivity index (χ1v) is 11.4. The SMILES string of the molecule is COCCNC1CC2(CCNCC2)OC1S(=O)(=O)c1cc(C2CC2)nn1C. The Kier molecular flexibility index (Phi) is 5.32. The molecule has 9 heteroatoms. The van der Waals surface area contributed by atoms with E-state index in [1.807, 2.05) is 0 Å². The summed E-state index contributed by atoms with van der Waals surface area (Å²) in [5.74, 6) is 0.413. The first-order valence-electron chi connectivity index (χ1n) is 9.84. The van der Waals surface area contributed by atoms with Crippen molar-refractivity contribution in [1.29, 1.82) is 0 Å². The van der Waals surface area contributed by atoms with Gasteiger partial charge in [-0.05, 0) is 51.3 Å². The first-order chi connectivity index (χ1) is 13.0. The quantitative estimate of drug-likeness (QED) is 0.648. The Morgan fingerprint density at radius 3 is 2.81 bits per heavy atom. The van der Waals surface area contributed by atoms with Gasteiger partial charge in [0.05, 0.1) is 23.9 Å². The second-order valence-corrected chi connectivity index (χ2v) is 10.0. The summed E-state index contributed by atoms with van der Waals surface area (Å²) in [6.07, 6.45) is 4.55. The van der Waals surface area contributed by atoms with Crippen molar-refractivity contribution in [3.8, 4) is 0 Å². The van der Waals surface area contributed by atoms with Crippen LogP contribution >= 0.6 is 0 Å². The minimum absolute atomic E-state index is 0.248. The number of hydrogen-bond donors (Lipinski definition) is 2. The lowest BCUT2D eigenvalue weighted by atomic mass is 9.88. The smallest absolute Gasteiger partial charge is 0.223 e. The van der Waals surface area contributed by atoms with Crippen molar-refractivity contribution < 1.29 is 17.9 Å². The molecule has 2 atom stereocenters. The lowest BCUT2D eigenvalue weighted by molar-refractivity contribution is -0.0343. The van der Waals surface area contributed by atoms with Crippen LogP contribution < -0.4 is 10.6 Å². The van der Waals surface area contributed by atoms with Gasteiger partial charge in [-0.3, -0.25) is 4.68 Å². The molecule has 1 aromatic heterocycles. The number of aryl methyl sites for hydroxylation is 1. The molecule has 2 unspecified atom stereocenters. The largest absolute Gasteiger partial charge is 0.383 e. The molecule has 152 valence electrons. The molecule has 0 aromatic carbocycles. The molecule has 3 heterocycles. The molecule has 1 saturated carbocycles. The highest BCUT2D eigenvalue weighted by Crippen LogP contribution is 2.43. The molecule has 0 radical (unpaired) electrons. The maximum atomic E-state index is 13.5. The van der Waals surface area contributed by atoms with Crippen molar-refractivity contribution >= 4 is 9.84 Å². The minimum atomic E-state index is -3.66. The van der Waals surface area contributed by atoms with Gasteiger partial charge in [-0.2, -0.15) is 5.10 Å². The van der Waals surface area contributed by atoms with Crippen LogP contribution in [0.25, 0.3) is 0 Å². The highest BCUT2D eigenvalue weighted by atomic mass is 32.2. The van der Waals surface area contributed by atoms with Crippen LogP contribution in [0.4, 0.5) is 0 Å². The number of rotatable bonds is 7. The van der Waals surface area contributed by atoms with Crippen molar-refractivity contribution in [3.63, 3.8) is 0 Å². The van der Waals surface area contributed by atoms with Crippen LogP contribution in [0, 0.1) is 0 Å². The normalized spacial score (nSPS) is 28.1. The molecule has 27 heavy (non-hydrogen) atoms. The molecular weight excluding hydrogens is 368 g/mol. The Hall–Kier alpha value is -1.00. The summed E-state index contributed by atoms with van der Waals surface area (Å²) >= 11 is 0. The summed E-state index contributed by atoms with van der Waals surface area (Å²) in [6.45, 7) is 2.85. The van der Waals surface area contributed by atoms with Crippen LogP contribution in [-0.2, 0) is 26.4 Å². The fraction of sp³-hybridized carbons (Fsp3) is 0.833. The Morgan fingerprint density at radius 2 is 2.15 bits per heavy atom. The number of nitrogens with zero attached hydrogens (tertiary/aromatic N) is 2. The van der Waals surface area contributed by atoms with E-state index in [0.29, 0.717) is 25.5 Å². The number of methoxy groups -OCH3 is 1. The second-order valence-electron chi connectivity index (χ2n) is 8.03. The average Bonchev–Trinajstić information content (AvgIpc) is 3.33. The van der Waals surface area contributed by atoms with Gasteiger partial charge in [-0.1, -0.05) is 0 Å². The molecule has 1 aliphatic carbocycles. The molecule has 1 spiro atoms. The summed E-state index contributed by atoms with van der Waals surface area (Å²) in [4.78, 5) is 0. The predicted octanol–water partition coefficient (Wildman–Crippen LogP) is 0.544. The average molecular weight is 399 g/mol. The molecule has 3 fully saturated rings. The third kappa shape index (κ3) is 3.80. The highest BCUT2D eigenvalue weighted by Gasteiger charge is 2.52. The summed E-state index contributed by atoms with van der Waals surface area (Å²) < 4.78 is 40.0. The molecule has 2 N–H and O–H groups in total. The van der Waals surface area contributed by atoms with Gasteiger partial charge in [0.2, 0.25) is 9.84 Å². The maximum absolute atomic E-state index is 13.5. The molecule has 2 aliphatic heterocycles. The minimum Gasteiger partial charge on any atom is -0.383 e. The van der Waals surface area contributed by atoms with Gasteiger partial charge in [-0.15, -0.1) is 0 Å². The molecule has 4 rings (SSSR count). The topological polar surface area (TPSA) is 94.5 Å². The van der Waals surface area contributed by atoms with Gasteiger partial charge in [0, 0.05) is 26.6 Å². The van der Waals surface area contributed by atoms with Gasteiger partial charge in [-0.25, -0.2) is 8.42 Å². The van der Waals surface area contributed by atoms with Crippen molar-refractivity contribution in [1.82, 2.24) is 20.4 Å². The summed E-state index contributed by atoms with van der Waals surface area (Å²) in [5.41, 5.74) is -0.379. The van der Waals surface area contributed by atoms with E-state index in [1.54, 1.807) is 20.2 Å². The fourth-order valence-electron chi connectivity index (χ4n) is 4.31. The first kappa shape index (κ1) is 19.3. The van der Waals surface area contributed by atoms with Crippen molar-refractivity contribution in [2.24, 2.45) is 7.05 Å². The number of piperidine rings is 1. The molecule has 0 amide bonds. The highest BCUT2D eigenvalue weighted by molar-refractivity contribution is 7.91. The Labute approximate surface area is 160 Å². The van der Waals surface area contributed by atoms with E-state index in [0.717, 1.165) is 44.5 Å². The Morgan fingerprint density at radius 1 is 1.41 bits per heavy atom. The molecular formula is C18H30N4O4S. The maximum Gasteiger partial charge on any atom is 0.223 e. The summed E-state index contributed by atoms with van der Waals surface area (Å²) in [7, 11) is -0.308. The number of hydrogen-bond acceptors (Lipinski definition) is 7. The Balaban J connectivity index is 1.61. The van der Waals surface area contributed by atoms with Crippen molar-refractivity contribution in [2.75, 3.05) is 33.4 Å². The van der Waals surface area contributed by atoms with Crippen LogP contribution in [0.3, 0.4) is 0 Å². The van der Waals surface area contributed by atoms with Gasteiger partial charge in [0.1, 0.15) is 0 Å². The van der Waals surface area contributed by atoms with Gasteiger partial charge >= 0.3 is 0 Å². The van der Waals surface area contributed by atoms with E-state index in [-0.39, 0.29) is 16.7 Å². The Bertz CT molecular complexity index is 768. The summed E-state index contributed by atoms with van der Waals surface area (Å²) in [6, 6.07) is 1.50. The van der Waals surface area contributed by atoms with Crippen LogP contribution in [0.15, 0.2) is 11.1 Å². The lowest BCUT2D eigenvalue weighted by Crippen LogP contribution is -2.42. The van der Waals surface area contributed by atoms with Gasteiger partial charge in [0.25, 0.3) is 0 Å². The fourth-order valence-corrected chi connectivity index (χ4v) is 6.20. The number of ether oxygens (including phenoxy) is 2. The van der Waals surface area contributed by atoms with Crippen molar-refractivity contribution in [3.05, 3.63) is 11.8 Å². The van der Waals surface area contributed by atoms with E-state index in [9.17, 15) is 8.42 Å². The molecule has 2 saturated heterocycles. The molecule has 8 nitrogen and oxygen atoms in total. The van der Waals surface area contributed by atoms with Crippen molar-refractivity contribution in [2.45, 2.75) is 60.1 Å². The second kappa shape index (κ2) is 7.44. The van der Waals surface area contributed by atoms with E-state index >= 15 is 0 Å². The number of aromatic nitrogens is 2.